The summed E-state index contributed by atoms with van der Waals surface area (Å²) in [6.45, 7) is 2.71. The van der Waals surface area contributed by atoms with Gasteiger partial charge in [-0.2, -0.15) is 13.2 Å². The minimum Gasteiger partial charge on any atom is -0.378 e. The normalized spacial score (nSPS) is 14.6. The summed E-state index contributed by atoms with van der Waals surface area (Å²) in [7, 11) is 0. The Hall–Kier alpha value is -2.77. The molecule has 0 radical (unpaired) electrons. The van der Waals surface area contributed by atoms with Gasteiger partial charge < -0.3 is 14.2 Å². The van der Waals surface area contributed by atoms with Gasteiger partial charge in [0, 0.05) is 30.2 Å². The molecule has 0 bridgehead atoms. The van der Waals surface area contributed by atoms with Gasteiger partial charge in [-0.05, 0) is 35.7 Å². The van der Waals surface area contributed by atoms with Crippen LogP contribution >= 0.6 is 11.6 Å². The summed E-state index contributed by atoms with van der Waals surface area (Å²) in [5, 5.41) is 0.465. The zero-order chi connectivity index (χ0) is 22.9. The van der Waals surface area contributed by atoms with Crippen molar-refractivity contribution in [1.29, 1.82) is 0 Å². The van der Waals surface area contributed by atoms with Gasteiger partial charge in [-0.15, -0.1) is 0 Å². The van der Waals surface area contributed by atoms with E-state index in [0.29, 0.717) is 42.5 Å². The number of ether oxygens (including phenoxy) is 1. The van der Waals surface area contributed by atoms with E-state index in [0.717, 1.165) is 4.57 Å². The van der Waals surface area contributed by atoms with Crippen LogP contribution in [-0.2, 0) is 17.5 Å². The van der Waals surface area contributed by atoms with E-state index in [2.05, 4.69) is 0 Å². The number of alkyl halides is 3. The van der Waals surface area contributed by atoms with Crippen molar-refractivity contribution in [1.82, 2.24) is 9.47 Å². The maximum Gasteiger partial charge on any atom is 0.431 e. The maximum atomic E-state index is 14.3. The lowest BCUT2D eigenvalue weighted by Gasteiger charge is -2.28. The molecule has 4 nitrogen and oxygen atoms in total. The Kier molecular flexibility index (Phi) is 6.31. The van der Waals surface area contributed by atoms with Gasteiger partial charge in [-0.1, -0.05) is 54.1 Å². The lowest BCUT2D eigenvalue weighted by atomic mass is 10.00. The Balaban J connectivity index is 1.97. The van der Waals surface area contributed by atoms with Crippen LogP contribution in [0.15, 0.2) is 54.6 Å². The Morgan fingerprint density at radius 2 is 1.66 bits per heavy atom. The molecule has 0 atom stereocenters. The fourth-order valence-electron chi connectivity index (χ4n) is 4.14. The number of hydrogen-bond acceptors (Lipinski definition) is 2. The number of carbonyl (C=O) groups excluding carboxylic acids is 1. The second-order valence-corrected chi connectivity index (χ2v) is 8.11. The van der Waals surface area contributed by atoms with Gasteiger partial charge in [-0.25, -0.2) is 0 Å². The first-order valence-corrected chi connectivity index (χ1v) is 10.6. The van der Waals surface area contributed by atoms with Crippen LogP contribution in [0.2, 0.25) is 5.02 Å². The van der Waals surface area contributed by atoms with Crippen LogP contribution in [-0.4, -0.2) is 41.7 Å². The van der Waals surface area contributed by atoms with E-state index >= 15 is 0 Å². The largest absolute Gasteiger partial charge is 0.431 e. The van der Waals surface area contributed by atoms with Crippen LogP contribution in [0.3, 0.4) is 0 Å². The minimum atomic E-state index is -4.64. The monoisotopic (exact) mass is 462 g/mol. The molecule has 3 aromatic rings. The molecule has 2 aromatic carbocycles. The summed E-state index contributed by atoms with van der Waals surface area (Å²) in [6.07, 6.45) is -4.64. The van der Waals surface area contributed by atoms with Crippen LogP contribution in [0, 0.1) is 6.92 Å². The number of morpholine rings is 1. The molecule has 0 unspecified atom stereocenters. The van der Waals surface area contributed by atoms with Crippen LogP contribution < -0.4 is 0 Å². The Morgan fingerprint density at radius 3 is 2.25 bits per heavy atom. The van der Waals surface area contributed by atoms with E-state index in [9.17, 15) is 18.0 Å². The Morgan fingerprint density at radius 1 is 1.03 bits per heavy atom. The standard InChI is InChI=1S/C24H22ClF3N2O2/c1-16-20(18-7-9-19(25)10-8-18)21(23(31)29-11-13-32-14-12-29)30(22(16)24(26,27)28)15-17-5-3-2-4-6-17/h2-10H,11-15H2,1H3. The molecule has 1 amide bonds. The van der Waals surface area contributed by atoms with Crippen molar-refractivity contribution in [3.63, 3.8) is 0 Å². The molecule has 0 saturated carbocycles. The third-order valence-electron chi connectivity index (χ3n) is 5.59. The van der Waals surface area contributed by atoms with Gasteiger partial charge in [0.05, 0.1) is 13.2 Å². The molecule has 0 N–H and O–H groups in total. The quantitative estimate of drug-likeness (QED) is 0.501. The molecule has 1 fully saturated rings. The van der Waals surface area contributed by atoms with E-state index in [1.165, 1.54) is 6.92 Å². The van der Waals surface area contributed by atoms with Crippen LogP contribution in [0.25, 0.3) is 11.1 Å². The second-order valence-electron chi connectivity index (χ2n) is 7.68. The summed E-state index contributed by atoms with van der Waals surface area (Å²) in [6, 6.07) is 15.4. The van der Waals surface area contributed by atoms with Crippen LogP contribution in [0.4, 0.5) is 13.2 Å². The third-order valence-corrected chi connectivity index (χ3v) is 5.84. The van der Waals surface area contributed by atoms with E-state index < -0.39 is 17.8 Å². The van der Waals surface area contributed by atoms with Crippen molar-refractivity contribution in [2.24, 2.45) is 0 Å². The average Bonchev–Trinajstić information content (AvgIpc) is 3.07. The highest BCUT2D eigenvalue weighted by Crippen LogP contribution is 2.42. The Bertz CT molecular complexity index is 1100. The zero-order valence-electron chi connectivity index (χ0n) is 17.5. The summed E-state index contributed by atoms with van der Waals surface area (Å²) in [5.41, 5.74) is 0.701. The molecule has 0 aliphatic carbocycles. The first-order valence-electron chi connectivity index (χ1n) is 10.2. The lowest BCUT2D eigenvalue weighted by molar-refractivity contribution is -0.143. The highest BCUT2D eigenvalue weighted by molar-refractivity contribution is 6.30. The summed E-state index contributed by atoms with van der Waals surface area (Å²) < 4.78 is 49.4. The van der Waals surface area contributed by atoms with E-state index in [-0.39, 0.29) is 23.4 Å². The van der Waals surface area contributed by atoms with Gasteiger partial charge in [0.1, 0.15) is 11.4 Å². The van der Waals surface area contributed by atoms with E-state index in [1.54, 1.807) is 59.5 Å². The van der Waals surface area contributed by atoms with Gasteiger partial charge in [-0.3, -0.25) is 4.79 Å². The molecular formula is C24H22ClF3N2O2. The van der Waals surface area contributed by atoms with Crippen LogP contribution in [0.1, 0.15) is 27.3 Å². The number of amides is 1. The first kappa shape index (κ1) is 22.4. The van der Waals surface area contributed by atoms with Gasteiger partial charge in [0.2, 0.25) is 0 Å². The summed E-state index contributed by atoms with van der Waals surface area (Å²) in [4.78, 5) is 15.2. The third kappa shape index (κ3) is 4.40. The van der Waals surface area contributed by atoms with Crippen molar-refractivity contribution in [3.05, 3.63) is 82.1 Å². The fraction of sp³-hybridized carbons (Fsp3) is 0.292. The van der Waals surface area contributed by atoms with E-state index in [1.807, 2.05) is 0 Å². The van der Waals surface area contributed by atoms with Crippen molar-refractivity contribution < 1.29 is 22.7 Å². The smallest absolute Gasteiger partial charge is 0.378 e. The molecule has 1 aromatic heterocycles. The molecule has 0 spiro atoms. The molecule has 8 heteroatoms. The van der Waals surface area contributed by atoms with Crippen molar-refractivity contribution in [3.8, 4) is 11.1 Å². The molecule has 4 rings (SSSR count). The average molecular weight is 463 g/mol. The minimum absolute atomic E-state index is 0.0207. The lowest BCUT2D eigenvalue weighted by Crippen LogP contribution is -2.41. The summed E-state index contributed by atoms with van der Waals surface area (Å²) >= 11 is 6.01. The molecule has 1 aliphatic rings. The predicted molar refractivity (Wildman–Crippen MR) is 117 cm³/mol. The topological polar surface area (TPSA) is 34.5 Å². The highest BCUT2D eigenvalue weighted by Gasteiger charge is 2.41. The molecule has 1 saturated heterocycles. The number of hydrogen-bond donors (Lipinski definition) is 0. The van der Waals surface area contributed by atoms with Gasteiger partial charge in [0.15, 0.2) is 0 Å². The Labute approximate surface area is 189 Å². The second kappa shape index (κ2) is 9.00. The van der Waals surface area contributed by atoms with E-state index in [4.69, 9.17) is 16.3 Å². The first-order chi connectivity index (χ1) is 15.3. The van der Waals surface area contributed by atoms with Crippen molar-refractivity contribution >= 4 is 17.5 Å². The fourth-order valence-corrected chi connectivity index (χ4v) is 4.27. The predicted octanol–water partition coefficient (Wildman–Crippen LogP) is 5.66. The molecule has 1 aliphatic heterocycles. The van der Waals surface area contributed by atoms with Crippen molar-refractivity contribution in [2.75, 3.05) is 26.3 Å². The molecule has 32 heavy (non-hydrogen) atoms. The number of halogens is 4. The maximum absolute atomic E-state index is 14.3. The SMILES string of the molecule is Cc1c(-c2ccc(Cl)cc2)c(C(=O)N2CCOCC2)n(Cc2ccccc2)c1C(F)(F)F. The number of aromatic nitrogens is 1. The number of carbonyl (C=O) groups is 1. The number of nitrogens with zero attached hydrogens (tertiary/aromatic N) is 2. The zero-order valence-corrected chi connectivity index (χ0v) is 18.2. The summed E-state index contributed by atoms with van der Waals surface area (Å²) in [5.74, 6) is -0.437. The molecular weight excluding hydrogens is 441 g/mol. The molecule has 168 valence electrons. The van der Waals surface area contributed by atoms with Gasteiger partial charge in [0.25, 0.3) is 5.91 Å². The van der Waals surface area contributed by atoms with Gasteiger partial charge >= 0.3 is 6.18 Å². The van der Waals surface area contributed by atoms with Crippen LogP contribution in [0.5, 0.6) is 0 Å². The highest BCUT2D eigenvalue weighted by atomic mass is 35.5. The number of benzene rings is 2. The van der Waals surface area contributed by atoms with Crippen molar-refractivity contribution in [2.45, 2.75) is 19.6 Å². The molecule has 2 heterocycles. The number of rotatable bonds is 4.